The Bertz CT molecular complexity index is 563. The van der Waals surface area contributed by atoms with Crippen molar-refractivity contribution in [2.24, 2.45) is 0 Å². The number of rotatable bonds is 5. The van der Waals surface area contributed by atoms with Crippen LogP contribution in [0.5, 0.6) is 0 Å². The molecule has 1 aliphatic carbocycles. The summed E-state index contributed by atoms with van der Waals surface area (Å²) in [5.74, 6) is 0.780. The number of aromatic nitrogens is 5. The van der Waals surface area contributed by atoms with Gasteiger partial charge in [-0.3, -0.25) is 4.98 Å². The molecule has 7 heteroatoms. The van der Waals surface area contributed by atoms with Gasteiger partial charge in [0.05, 0.1) is 11.7 Å². The number of tetrazole rings is 1. The average Bonchev–Trinajstić information content (AvgIpc) is 3.16. The second-order valence-corrected chi connectivity index (χ2v) is 5.86. The molecule has 0 unspecified atom stereocenters. The predicted molar refractivity (Wildman–Crippen MR) is 78.7 cm³/mol. The third-order valence-electron chi connectivity index (χ3n) is 3.59. The van der Waals surface area contributed by atoms with Crippen molar-refractivity contribution in [3.05, 3.63) is 24.0 Å². The molecule has 20 heavy (non-hydrogen) atoms. The summed E-state index contributed by atoms with van der Waals surface area (Å²) in [6.45, 7) is 0. The summed E-state index contributed by atoms with van der Waals surface area (Å²) in [6.07, 6.45) is 6.75. The molecule has 2 aromatic heterocycles. The van der Waals surface area contributed by atoms with Gasteiger partial charge in [0.15, 0.2) is 0 Å². The molecule has 0 atom stereocenters. The van der Waals surface area contributed by atoms with Crippen LogP contribution in [0, 0.1) is 0 Å². The molecule has 2 heterocycles. The standard InChI is InChI=1S/C13H18N6S/c1-14-10-6-7-15-11(8-10)9-20-13-16-17-18-19(13)12-4-2-3-5-12/h6-8,12H,2-5,9H2,1H3,(H,14,15). The van der Waals surface area contributed by atoms with E-state index in [0.717, 1.165) is 22.3 Å². The summed E-state index contributed by atoms with van der Waals surface area (Å²) in [4.78, 5) is 4.38. The fourth-order valence-electron chi connectivity index (χ4n) is 2.51. The Balaban J connectivity index is 1.67. The van der Waals surface area contributed by atoms with Gasteiger partial charge in [-0.25, -0.2) is 4.68 Å². The van der Waals surface area contributed by atoms with Gasteiger partial charge in [0.1, 0.15) is 0 Å². The van der Waals surface area contributed by atoms with Gasteiger partial charge in [0.25, 0.3) is 0 Å². The summed E-state index contributed by atoms with van der Waals surface area (Å²) in [5.41, 5.74) is 2.11. The molecule has 6 nitrogen and oxygen atoms in total. The molecule has 0 aliphatic heterocycles. The first-order valence-corrected chi connectivity index (χ1v) is 7.89. The van der Waals surface area contributed by atoms with Gasteiger partial charge >= 0.3 is 0 Å². The molecular formula is C13H18N6S. The van der Waals surface area contributed by atoms with Crippen molar-refractivity contribution in [1.82, 2.24) is 25.2 Å². The molecule has 0 bridgehead atoms. The molecule has 1 saturated carbocycles. The molecule has 3 rings (SSSR count). The van der Waals surface area contributed by atoms with Crippen LogP contribution in [0.1, 0.15) is 37.4 Å². The van der Waals surface area contributed by atoms with Gasteiger partial charge < -0.3 is 5.32 Å². The van der Waals surface area contributed by atoms with E-state index < -0.39 is 0 Å². The summed E-state index contributed by atoms with van der Waals surface area (Å²) in [6, 6.07) is 4.48. The van der Waals surface area contributed by atoms with E-state index in [-0.39, 0.29) is 0 Å². The lowest BCUT2D eigenvalue weighted by Gasteiger charge is -2.10. The number of hydrogen-bond acceptors (Lipinski definition) is 6. The molecule has 2 aromatic rings. The molecule has 106 valence electrons. The maximum atomic E-state index is 4.38. The molecule has 1 N–H and O–H groups in total. The third kappa shape index (κ3) is 2.92. The predicted octanol–water partition coefficient (Wildman–Crippen LogP) is 2.52. The highest BCUT2D eigenvalue weighted by Crippen LogP contribution is 2.32. The molecular weight excluding hydrogens is 272 g/mol. The lowest BCUT2D eigenvalue weighted by Crippen LogP contribution is -2.08. The Hall–Kier alpha value is -1.63. The average molecular weight is 290 g/mol. The quantitative estimate of drug-likeness (QED) is 0.853. The number of nitrogens with one attached hydrogen (secondary N) is 1. The van der Waals surface area contributed by atoms with Crippen LogP contribution < -0.4 is 5.32 Å². The van der Waals surface area contributed by atoms with Crippen molar-refractivity contribution in [1.29, 1.82) is 0 Å². The Morgan fingerprint density at radius 2 is 2.25 bits per heavy atom. The summed E-state index contributed by atoms with van der Waals surface area (Å²) in [7, 11) is 1.91. The van der Waals surface area contributed by atoms with Crippen LogP contribution in [0.4, 0.5) is 5.69 Å². The van der Waals surface area contributed by atoms with Crippen LogP contribution in [-0.2, 0) is 5.75 Å². The molecule has 1 fully saturated rings. The Morgan fingerprint density at radius 1 is 1.40 bits per heavy atom. The van der Waals surface area contributed by atoms with Gasteiger partial charge in [-0.1, -0.05) is 24.6 Å². The van der Waals surface area contributed by atoms with Crippen LogP contribution in [0.3, 0.4) is 0 Å². The van der Waals surface area contributed by atoms with E-state index in [1.165, 1.54) is 25.7 Å². The lowest BCUT2D eigenvalue weighted by atomic mass is 10.3. The highest BCUT2D eigenvalue weighted by atomic mass is 32.2. The first-order chi connectivity index (χ1) is 9.86. The van der Waals surface area contributed by atoms with Crippen molar-refractivity contribution in [2.45, 2.75) is 42.6 Å². The maximum absolute atomic E-state index is 4.38. The van der Waals surface area contributed by atoms with Crippen molar-refractivity contribution in [2.75, 3.05) is 12.4 Å². The molecule has 0 aromatic carbocycles. The van der Waals surface area contributed by atoms with Crippen LogP contribution in [0.2, 0.25) is 0 Å². The summed E-state index contributed by atoms with van der Waals surface area (Å²) < 4.78 is 1.99. The van der Waals surface area contributed by atoms with Gasteiger partial charge in [-0.2, -0.15) is 0 Å². The molecule has 0 amide bonds. The first-order valence-electron chi connectivity index (χ1n) is 6.90. The van der Waals surface area contributed by atoms with Gasteiger partial charge in [-0.05, 0) is 35.4 Å². The fourth-order valence-corrected chi connectivity index (χ4v) is 3.36. The Labute approximate surface area is 122 Å². The Kier molecular flexibility index (Phi) is 4.15. The van der Waals surface area contributed by atoms with Crippen LogP contribution in [-0.4, -0.2) is 32.2 Å². The van der Waals surface area contributed by atoms with Crippen LogP contribution in [0.25, 0.3) is 0 Å². The van der Waals surface area contributed by atoms with Gasteiger partial charge in [0, 0.05) is 24.7 Å². The number of anilines is 1. The summed E-state index contributed by atoms with van der Waals surface area (Å²) >= 11 is 1.65. The smallest absolute Gasteiger partial charge is 0.209 e. The van der Waals surface area contributed by atoms with E-state index in [2.05, 4.69) is 31.9 Å². The van der Waals surface area contributed by atoms with Crippen LogP contribution >= 0.6 is 11.8 Å². The maximum Gasteiger partial charge on any atom is 0.209 e. The van der Waals surface area contributed by atoms with Crippen molar-refractivity contribution in [3.63, 3.8) is 0 Å². The van der Waals surface area contributed by atoms with Crippen LogP contribution in [0.15, 0.2) is 23.5 Å². The lowest BCUT2D eigenvalue weighted by molar-refractivity contribution is 0.423. The monoisotopic (exact) mass is 290 g/mol. The highest BCUT2D eigenvalue weighted by Gasteiger charge is 2.21. The largest absolute Gasteiger partial charge is 0.388 e. The normalized spacial score (nSPS) is 15.7. The minimum Gasteiger partial charge on any atom is -0.388 e. The molecule has 0 saturated heterocycles. The SMILES string of the molecule is CNc1ccnc(CSc2nnnn2C2CCCC2)c1. The second-order valence-electron chi connectivity index (χ2n) is 4.92. The van der Waals surface area contributed by atoms with E-state index in [1.54, 1.807) is 11.8 Å². The first kappa shape index (κ1) is 13.4. The fraction of sp³-hybridized carbons (Fsp3) is 0.538. The second kappa shape index (κ2) is 6.21. The minimum atomic E-state index is 0.476. The molecule has 0 radical (unpaired) electrons. The zero-order chi connectivity index (χ0) is 13.8. The zero-order valence-electron chi connectivity index (χ0n) is 11.5. The number of hydrogen-bond donors (Lipinski definition) is 1. The van der Waals surface area contributed by atoms with Crippen molar-refractivity contribution < 1.29 is 0 Å². The van der Waals surface area contributed by atoms with E-state index in [0.29, 0.717) is 6.04 Å². The van der Waals surface area contributed by atoms with Gasteiger partial charge in [0.2, 0.25) is 5.16 Å². The van der Waals surface area contributed by atoms with E-state index >= 15 is 0 Å². The van der Waals surface area contributed by atoms with E-state index in [4.69, 9.17) is 0 Å². The minimum absolute atomic E-state index is 0.476. The highest BCUT2D eigenvalue weighted by molar-refractivity contribution is 7.98. The van der Waals surface area contributed by atoms with Gasteiger partial charge in [-0.15, -0.1) is 5.10 Å². The molecule has 0 spiro atoms. The number of thioether (sulfide) groups is 1. The van der Waals surface area contributed by atoms with Crippen molar-refractivity contribution in [3.8, 4) is 0 Å². The summed E-state index contributed by atoms with van der Waals surface area (Å²) in [5, 5.41) is 16.1. The zero-order valence-corrected chi connectivity index (χ0v) is 12.3. The van der Waals surface area contributed by atoms with Crippen molar-refractivity contribution >= 4 is 17.4 Å². The van der Waals surface area contributed by atoms with E-state index in [9.17, 15) is 0 Å². The molecule has 1 aliphatic rings. The number of pyridine rings is 1. The Morgan fingerprint density at radius 3 is 3.05 bits per heavy atom. The third-order valence-corrected chi connectivity index (χ3v) is 4.55. The van der Waals surface area contributed by atoms with E-state index in [1.807, 2.05) is 24.0 Å². The number of nitrogens with zero attached hydrogens (tertiary/aromatic N) is 5. The topological polar surface area (TPSA) is 68.5 Å².